The Morgan fingerprint density at radius 2 is 1.49 bits per heavy atom. The standard InChI is InChI=1S/C33H44N2O12S4/c1-5-32(3)26-22-24(48-47-46-36)14-16-28(26)34(18-7-9-20-49(37,38)39)30(32)12-11-13-31-33(4,6-2)27-23-25(51(43,44)45)15-17-29(27)35(31)19-8-10-21-50(40,41)42/h11-17,22-23H,5-10,18-21H2,1-4H3,(H3-,36,37,38,39,40,41,42,43,44,45)/p+1. The monoisotopic (exact) mass is 789 g/mol. The van der Waals surface area contributed by atoms with E-state index in [-0.39, 0.29) is 23.5 Å². The highest BCUT2D eigenvalue weighted by molar-refractivity contribution is 7.94. The van der Waals surface area contributed by atoms with Crippen molar-refractivity contribution in [1.82, 2.24) is 0 Å². The van der Waals surface area contributed by atoms with Gasteiger partial charge in [-0.15, -0.1) is 4.33 Å². The number of unbranched alkanes of at least 4 members (excludes halogenated alkanes) is 2. The Kier molecular flexibility index (Phi) is 13.0. The maximum absolute atomic E-state index is 12.1. The van der Waals surface area contributed by atoms with E-state index in [9.17, 15) is 38.9 Å². The molecule has 0 aliphatic carbocycles. The van der Waals surface area contributed by atoms with Crippen LogP contribution in [0.4, 0.5) is 11.4 Å². The zero-order valence-electron chi connectivity index (χ0n) is 28.8. The molecule has 2 aliphatic heterocycles. The maximum atomic E-state index is 12.1. The Labute approximate surface area is 304 Å². The number of allylic oxidation sites excluding steroid dienone is 4. The van der Waals surface area contributed by atoms with Gasteiger partial charge >= 0.3 is 0 Å². The van der Waals surface area contributed by atoms with Crippen molar-refractivity contribution in [3.05, 3.63) is 71.5 Å². The van der Waals surface area contributed by atoms with Gasteiger partial charge in [-0.05, 0) is 87.9 Å². The Balaban J connectivity index is 1.81. The first kappa shape index (κ1) is 41.1. The van der Waals surface area contributed by atoms with Crippen molar-refractivity contribution in [2.24, 2.45) is 0 Å². The van der Waals surface area contributed by atoms with E-state index in [0.717, 1.165) is 40.4 Å². The minimum Gasteiger partial charge on any atom is -0.344 e. The van der Waals surface area contributed by atoms with Crippen molar-refractivity contribution in [1.29, 1.82) is 0 Å². The molecule has 0 saturated heterocycles. The van der Waals surface area contributed by atoms with Crippen LogP contribution in [-0.2, 0) is 50.6 Å². The van der Waals surface area contributed by atoms with Crippen LogP contribution in [0, 0.1) is 0 Å². The third-order valence-corrected chi connectivity index (χ3v) is 12.9. The van der Waals surface area contributed by atoms with Gasteiger partial charge in [0, 0.05) is 52.4 Å². The first-order chi connectivity index (χ1) is 23.8. The predicted octanol–water partition coefficient (Wildman–Crippen LogP) is 6.09. The summed E-state index contributed by atoms with van der Waals surface area (Å²) in [4.78, 5) is 2.45. The van der Waals surface area contributed by atoms with Crippen LogP contribution in [0.1, 0.15) is 77.3 Å². The van der Waals surface area contributed by atoms with Crippen molar-refractivity contribution in [3.63, 3.8) is 0 Å². The van der Waals surface area contributed by atoms with Crippen LogP contribution in [0.25, 0.3) is 0 Å². The van der Waals surface area contributed by atoms with E-state index in [4.69, 9.17) is 5.26 Å². The topological polar surface area (TPSA) is 208 Å². The van der Waals surface area contributed by atoms with Crippen molar-refractivity contribution in [2.45, 2.75) is 86.8 Å². The Morgan fingerprint density at radius 1 is 0.843 bits per heavy atom. The molecule has 0 aromatic heterocycles. The minimum absolute atomic E-state index is 0.201. The minimum atomic E-state index is -4.49. The summed E-state index contributed by atoms with van der Waals surface area (Å²) in [5.41, 5.74) is 3.82. The molecule has 4 rings (SSSR count). The lowest BCUT2D eigenvalue weighted by atomic mass is 9.77. The molecule has 0 spiro atoms. The first-order valence-electron chi connectivity index (χ1n) is 16.4. The fraction of sp³-hybridized carbons (Fsp3) is 0.485. The SMILES string of the molecule is CCC1(C)C(C=C/C=C2/N(CCCCS(=O)(=O)O)c3ccc(S(=O)(=O)O)cc3C2(C)CC)=[N+](CCCCS(=O)(=O)O)c2ccc(SOOO)cc21. The van der Waals surface area contributed by atoms with Crippen LogP contribution in [0.3, 0.4) is 0 Å². The van der Waals surface area contributed by atoms with E-state index in [1.54, 1.807) is 6.07 Å². The molecule has 2 unspecified atom stereocenters. The molecule has 2 aromatic rings. The Morgan fingerprint density at radius 3 is 2.08 bits per heavy atom. The molecule has 0 amide bonds. The predicted molar refractivity (Wildman–Crippen MR) is 194 cm³/mol. The number of nitrogens with zero attached hydrogens (tertiary/aromatic N) is 2. The fourth-order valence-corrected chi connectivity index (χ4v) is 8.94. The number of fused-ring (bicyclic) bond motifs is 2. The largest absolute Gasteiger partial charge is 0.344 e. The van der Waals surface area contributed by atoms with Crippen molar-refractivity contribution >= 4 is 59.5 Å². The van der Waals surface area contributed by atoms with Crippen LogP contribution in [0.15, 0.2) is 70.1 Å². The van der Waals surface area contributed by atoms with Gasteiger partial charge in [0.25, 0.3) is 30.4 Å². The average Bonchev–Trinajstić information content (AvgIpc) is 3.43. The molecule has 2 atom stereocenters. The summed E-state index contributed by atoms with van der Waals surface area (Å²) in [5.74, 6) is -0.757. The van der Waals surface area contributed by atoms with Gasteiger partial charge in [-0.1, -0.05) is 25.0 Å². The zero-order valence-corrected chi connectivity index (χ0v) is 32.1. The van der Waals surface area contributed by atoms with Gasteiger partial charge < -0.3 is 4.90 Å². The molecule has 2 heterocycles. The van der Waals surface area contributed by atoms with E-state index in [2.05, 4.69) is 20.9 Å². The van der Waals surface area contributed by atoms with E-state index in [1.807, 2.05) is 62.1 Å². The smallest absolute Gasteiger partial charge is 0.294 e. The lowest BCUT2D eigenvalue weighted by Gasteiger charge is -2.29. The van der Waals surface area contributed by atoms with Crippen LogP contribution in [0.2, 0.25) is 0 Å². The summed E-state index contributed by atoms with van der Waals surface area (Å²) in [6.07, 6.45) is 8.39. The zero-order chi connectivity index (χ0) is 37.8. The molecular weight excluding hydrogens is 745 g/mol. The third-order valence-electron chi connectivity index (χ3n) is 9.87. The van der Waals surface area contributed by atoms with Gasteiger partial charge in [-0.2, -0.15) is 29.8 Å². The van der Waals surface area contributed by atoms with E-state index in [0.29, 0.717) is 49.2 Å². The van der Waals surface area contributed by atoms with E-state index < -0.39 is 46.9 Å². The molecule has 2 aromatic carbocycles. The molecule has 0 saturated carbocycles. The second-order valence-electron chi connectivity index (χ2n) is 13.0. The molecule has 2 aliphatic rings. The number of anilines is 1. The Hall–Kier alpha value is -2.65. The molecule has 4 N–H and O–H groups in total. The third kappa shape index (κ3) is 9.48. The molecule has 0 bridgehead atoms. The molecule has 14 nitrogen and oxygen atoms in total. The van der Waals surface area contributed by atoms with Crippen LogP contribution in [-0.4, -0.2) is 79.1 Å². The van der Waals surface area contributed by atoms with Crippen molar-refractivity contribution in [3.8, 4) is 0 Å². The number of rotatable bonds is 18. The van der Waals surface area contributed by atoms with Crippen molar-refractivity contribution < 1.29 is 58.1 Å². The highest BCUT2D eigenvalue weighted by Gasteiger charge is 2.47. The van der Waals surface area contributed by atoms with E-state index in [1.165, 1.54) is 12.1 Å². The quantitative estimate of drug-likeness (QED) is 0.0337. The highest BCUT2D eigenvalue weighted by atomic mass is 32.2. The fourth-order valence-electron chi connectivity index (χ4n) is 6.89. The summed E-state index contributed by atoms with van der Waals surface area (Å²) in [6, 6.07) is 10.1. The normalized spacial score (nSPS) is 21.6. The summed E-state index contributed by atoms with van der Waals surface area (Å²) >= 11 is 0.839. The van der Waals surface area contributed by atoms with Gasteiger partial charge in [-0.3, -0.25) is 13.7 Å². The molecule has 0 radical (unpaired) electrons. The van der Waals surface area contributed by atoms with Gasteiger partial charge in [-0.25, -0.2) is 5.26 Å². The lowest BCUT2D eigenvalue weighted by Crippen LogP contribution is -2.31. The summed E-state index contributed by atoms with van der Waals surface area (Å²) < 4.78 is 105. The Bertz CT molecular complexity index is 2050. The average molecular weight is 790 g/mol. The summed E-state index contributed by atoms with van der Waals surface area (Å²) in [7, 11) is -12.8. The van der Waals surface area contributed by atoms with Crippen LogP contribution >= 0.6 is 12.0 Å². The van der Waals surface area contributed by atoms with Crippen molar-refractivity contribution in [2.75, 3.05) is 29.5 Å². The lowest BCUT2D eigenvalue weighted by molar-refractivity contribution is -0.438. The second kappa shape index (κ2) is 16.2. The molecule has 0 fully saturated rings. The molecule has 51 heavy (non-hydrogen) atoms. The maximum Gasteiger partial charge on any atom is 0.294 e. The number of hydrogen-bond acceptors (Lipinski definition) is 11. The first-order valence-corrected chi connectivity index (χ1v) is 21.8. The van der Waals surface area contributed by atoms with Crippen LogP contribution in [0.5, 0.6) is 0 Å². The molecule has 282 valence electrons. The second-order valence-corrected chi connectivity index (χ2v) is 18.4. The van der Waals surface area contributed by atoms with Gasteiger partial charge in [0.05, 0.1) is 33.9 Å². The summed E-state index contributed by atoms with van der Waals surface area (Å²) in [6.45, 7) is 8.91. The molecule has 18 heteroatoms. The van der Waals surface area contributed by atoms with Crippen LogP contribution < -0.4 is 4.90 Å². The number of benzene rings is 2. The highest BCUT2D eigenvalue weighted by Crippen LogP contribution is 2.51. The summed E-state index contributed by atoms with van der Waals surface area (Å²) in [5, 5.41) is 12.5. The van der Waals surface area contributed by atoms with Gasteiger partial charge in [0.1, 0.15) is 6.54 Å². The molecular formula is C33H45N2O12S4+. The van der Waals surface area contributed by atoms with Gasteiger partial charge in [0.2, 0.25) is 5.69 Å². The van der Waals surface area contributed by atoms with E-state index >= 15 is 0 Å². The number of hydrogen-bond donors (Lipinski definition) is 4. The van der Waals surface area contributed by atoms with Gasteiger partial charge in [0.15, 0.2) is 5.71 Å².